The highest BCUT2D eigenvalue weighted by Crippen LogP contribution is 2.24. The summed E-state index contributed by atoms with van der Waals surface area (Å²) in [6, 6.07) is 11.9. The number of nitrogens with zero attached hydrogens (tertiary/aromatic N) is 2. The van der Waals surface area contributed by atoms with Gasteiger partial charge in [-0.1, -0.05) is 23.7 Å². The van der Waals surface area contributed by atoms with Crippen molar-refractivity contribution in [2.75, 3.05) is 0 Å². The molecule has 0 unspecified atom stereocenters. The SMILES string of the molecule is Cn1c(CNC(=O)c2ccc(Cl)c(S(=O)(=O)NC(C)(C)C)c2)nc2ccccc21. The number of aromatic nitrogens is 2. The molecule has 0 saturated heterocycles. The number of aryl methyl sites for hydroxylation is 1. The molecule has 29 heavy (non-hydrogen) atoms. The maximum Gasteiger partial charge on any atom is 0.251 e. The fourth-order valence-corrected chi connectivity index (χ4v) is 4.87. The molecule has 0 saturated carbocycles. The zero-order valence-corrected chi connectivity index (χ0v) is 18.2. The van der Waals surface area contributed by atoms with Gasteiger partial charge in [-0.15, -0.1) is 0 Å². The summed E-state index contributed by atoms with van der Waals surface area (Å²) < 4.78 is 29.7. The molecule has 0 aliphatic heterocycles. The Morgan fingerprint density at radius 2 is 1.86 bits per heavy atom. The van der Waals surface area contributed by atoms with Crippen LogP contribution in [0.1, 0.15) is 37.0 Å². The van der Waals surface area contributed by atoms with Crippen molar-refractivity contribution in [1.29, 1.82) is 0 Å². The number of halogens is 1. The molecule has 0 aliphatic rings. The number of rotatable bonds is 5. The van der Waals surface area contributed by atoms with Gasteiger partial charge in [0.1, 0.15) is 10.7 Å². The quantitative estimate of drug-likeness (QED) is 0.644. The van der Waals surface area contributed by atoms with Crippen LogP contribution in [0.15, 0.2) is 47.4 Å². The topological polar surface area (TPSA) is 93.1 Å². The van der Waals surface area contributed by atoms with E-state index in [2.05, 4.69) is 15.0 Å². The van der Waals surface area contributed by atoms with Crippen LogP contribution in [-0.4, -0.2) is 29.4 Å². The summed E-state index contributed by atoms with van der Waals surface area (Å²) in [5, 5.41) is 2.83. The molecule has 0 radical (unpaired) electrons. The zero-order valence-electron chi connectivity index (χ0n) is 16.7. The minimum Gasteiger partial charge on any atom is -0.345 e. The van der Waals surface area contributed by atoms with Crippen molar-refractivity contribution in [1.82, 2.24) is 19.6 Å². The molecule has 3 rings (SSSR count). The average molecular weight is 435 g/mol. The minimum atomic E-state index is -3.87. The van der Waals surface area contributed by atoms with Crippen LogP contribution >= 0.6 is 11.6 Å². The molecule has 0 spiro atoms. The lowest BCUT2D eigenvalue weighted by atomic mass is 10.1. The Morgan fingerprint density at radius 1 is 1.17 bits per heavy atom. The highest BCUT2D eigenvalue weighted by molar-refractivity contribution is 7.89. The van der Waals surface area contributed by atoms with Gasteiger partial charge in [0.2, 0.25) is 10.0 Å². The average Bonchev–Trinajstić information content (AvgIpc) is 2.94. The van der Waals surface area contributed by atoms with Crippen molar-refractivity contribution in [3.63, 3.8) is 0 Å². The lowest BCUT2D eigenvalue weighted by molar-refractivity contribution is 0.0949. The van der Waals surface area contributed by atoms with Gasteiger partial charge < -0.3 is 9.88 Å². The number of nitrogens with one attached hydrogen (secondary N) is 2. The van der Waals surface area contributed by atoms with E-state index in [4.69, 9.17) is 11.6 Å². The summed E-state index contributed by atoms with van der Waals surface area (Å²) in [5.41, 5.74) is 1.32. The van der Waals surface area contributed by atoms with E-state index in [0.29, 0.717) is 5.82 Å². The molecule has 0 bridgehead atoms. The summed E-state index contributed by atoms with van der Waals surface area (Å²) >= 11 is 6.09. The lowest BCUT2D eigenvalue weighted by Crippen LogP contribution is -2.40. The molecule has 1 aromatic heterocycles. The number of hydrogen-bond acceptors (Lipinski definition) is 4. The Labute approximate surface area is 175 Å². The normalized spacial score (nSPS) is 12.3. The van der Waals surface area contributed by atoms with E-state index in [-0.39, 0.29) is 22.0 Å². The molecule has 0 atom stereocenters. The summed E-state index contributed by atoms with van der Waals surface area (Å²) in [6.07, 6.45) is 0. The van der Waals surface area contributed by atoms with Gasteiger partial charge in [-0.2, -0.15) is 0 Å². The van der Waals surface area contributed by atoms with E-state index in [9.17, 15) is 13.2 Å². The zero-order chi connectivity index (χ0) is 21.4. The number of fused-ring (bicyclic) bond motifs is 1. The monoisotopic (exact) mass is 434 g/mol. The molecule has 154 valence electrons. The van der Waals surface area contributed by atoms with Crippen LogP contribution in [-0.2, 0) is 23.6 Å². The van der Waals surface area contributed by atoms with Crippen LogP contribution in [0.2, 0.25) is 5.02 Å². The van der Waals surface area contributed by atoms with Gasteiger partial charge in [-0.25, -0.2) is 18.1 Å². The molecule has 9 heteroatoms. The second kappa shape index (κ2) is 7.78. The van der Waals surface area contributed by atoms with Gasteiger partial charge in [0.25, 0.3) is 5.91 Å². The van der Waals surface area contributed by atoms with Crippen LogP contribution in [0.3, 0.4) is 0 Å². The third-order valence-corrected chi connectivity index (χ3v) is 6.45. The van der Waals surface area contributed by atoms with Crippen LogP contribution in [0.25, 0.3) is 11.0 Å². The van der Waals surface area contributed by atoms with E-state index >= 15 is 0 Å². The van der Waals surface area contributed by atoms with Gasteiger partial charge >= 0.3 is 0 Å². The third-order valence-electron chi connectivity index (χ3n) is 4.21. The van der Waals surface area contributed by atoms with E-state index in [0.717, 1.165) is 11.0 Å². The van der Waals surface area contributed by atoms with Crippen molar-refractivity contribution >= 4 is 38.6 Å². The first-order valence-corrected chi connectivity index (χ1v) is 10.9. The van der Waals surface area contributed by atoms with Crippen molar-refractivity contribution in [3.05, 3.63) is 58.9 Å². The van der Waals surface area contributed by atoms with Crippen molar-refractivity contribution in [2.45, 2.75) is 37.8 Å². The number of carbonyl (C=O) groups is 1. The number of hydrogen-bond donors (Lipinski definition) is 2. The minimum absolute atomic E-state index is 0.0497. The van der Waals surface area contributed by atoms with Gasteiger partial charge in [-0.3, -0.25) is 4.79 Å². The number of sulfonamides is 1. The smallest absolute Gasteiger partial charge is 0.251 e. The van der Waals surface area contributed by atoms with Crippen molar-refractivity contribution in [3.8, 4) is 0 Å². The fraction of sp³-hybridized carbons (Fsp3) is 0.300. The van der Waals surface area contributed by atoms with Crippen molar-refractivity contribution in [2.24, 2.45) is 7.05 Å². The second-order valence-corrected chi connectivity index (χ2v) is 9.82. The first-order chi connectivity index (χ1) is 13.5. The molecule has 0 fully saturated rings. The Bertz CT molecular complexity index is 1180. The molecule has 0 aliphatic carbocycles. The molecule has 2 aromatic carbocycles. The molecule has 1 amide bonds. The molecule has 2 N–H and O–H groups in total. The van der Waals surface area contributed by atoms with Crippen LogP contribution in [0.4, 0.5) is 0 Å². The highest BCUT2D eigenvalue weighted by atomic mass is 35.5. The van der Waals surface area contributed by atoms with Gasteiger partial charge in [0.15, 0.2) is 0 Å². The number of amides is 1. The van der Waals surface area contributed by atoms with Crippen molar-refractivity contribution < 1.29 is 13.2 Å². The second-order valence-electron chi connectivity index (χ2n) is 7.76. The maximum absolute atomic E-state index is 12.6. The predicted molar refractivity (Wildman–Crippen MR) is 113 cm³/mol. The fourth-order valence-electron chi connectivity index (χ4n) is 2.92. The molecule has 3 aromatic rings. The van der Waals surface area contributed by atoms with Gasteiger partial charge in [0, 0.05) is 18.2 Å². The lowest BCUT2D eigenvalue weighted by Gasteiger charge is -2.21. The first-order valence-electron chi connectivity index (χ1n) is 9.00. The first kappa shape index (κ1) is 21.3. The summed E-state index contributed by atoms with van der Waals surface area (Å²) in [5.74, 6) is 0.275. The van der Waals surface area contributed by atoms with E-state index in [1.807, 2.05) is 35.9 Å². The molecular formula is C20H23ClN4O3S. The Hall–Kier alpha value is -2.42. The molecule has 7 nitrogen and oxygen atoms in total. The standard InChI is InChI=1S/C20H23ClN4O3S/c1-20(2,3)24-29(27,28)17-11-13(9-10-14(17)21)19(26)22-12-18-23-15-7-5-6-8-16(15)25(18)4/h5-11,24H,12H2,1-4H3,(H,22,26). The molecule has 1 heterocycles. The van der Waals surface area contributed by atoms with Crippen LogP contribution < -0.4 is 10.0 Å². The van der Waals surface area contributed by atoms with Crippen LogP contribution in [0.5, 0.6) is 0 Å². The third kappa shape index (κ3) is 4.77. The van der Waals surface area contributed by atoms with E-state index in [1.165, 1.54) is 18.2 Å². The van der Waals surface area contributed by atoms with Gasteiger partial charge in [0.05, 0.1) is 22.6 Å². The Balaban J connectivity index is 1.82. The summed E-state index contributed by atoms with van der Waals surface area (Å²) in [6.45, 7) is 5.39. The Kier molecular flexibility index (Phi) is 5.71. The molecular weight excluding hydrogens is 412 g/mol. The number of benzene rings is 2. The number of carbonyl (C=O) groups excluding carboxylic acids is 1. The van der Waals surface area contributed by atoms with E-state index < -0.39 is 21.5 Å². The summed E-state index contributed by atoms with van der Waals surface area (Å²) in [7, 11) is -2.00. The Morgan fingerprint density at radius 3 is 2.52 bits per heavy atom. The van der Waals surface area contributed by atoms with Gasteiger partial charge in [-0.05, 0) is 51.1 Å². The van der Waals surface area contributed by atoms with Crippen LogP contribution in [0, 0.1) is 0 Å². The summed E-state index contributed by atoms with van der Waals surface area (Å²) in [4.78, 5) is 17.0. The highest BCUT2D eigenvalue weighted by Gasteiger charge is 2.25. The predicted octanol–water partition coefficient (Wildman–Crippen LogP) is 3.23. The number of para-hydroxylation sites is 2. The maximum atomic E-state index is 12.6. The van der Waals surface area contributed by atoms with E-state index in [1.54, 1.807) is 20.8 Å². The largest absolute Gasteiger partial charge is 0.345 e. The number of imidazole rings is 1.